The van der Waals surface area contributed by atoms with Crippen molar-refractivity contribution >= 4 is 17.7 Å². The van der Waals surface area contributed by atoms with Gasteiger partial charge in [-0.15, -0.1) is 0 Å². The van der Waals surface area contributed by atoms with Gasteiger partial charge >= 0.3 is 12.1 Å². The minimum absolute atomic E-state index is 0.168. The quantitative estimate of drug-likeness (QED) is 0.444. The van der Waals surface area contributed by atoms with Gasteiger partial charge in [0, 0.05) is 9.79 Å². The molecule has 0 amide bonds. The molecule has 162 valence electrons. The Hall–Kier alpha value is -3.13. The molecule has 0 saturated heterocycles. The van der Waals surface area contributed by atoms with E-state index in [1.807, 2.05) is 31.2 Å². The van der Waals surface area contributed by atoms with Crippen molar-refractivity contribution in [2.75, 3.05) is 6.61 Å². The molecular weight excluding hydrogens is 429 g/mol. The second kappa shape index (κ2) is 9.78. The molecule has 1 N–H and O–H groups in total. The van der Waals surface area contributed by atoms with Crippen LogP contribution in [0.15, 0.2) is 76.5 Å². The number of aliphatic carboxylic acids is 1. The summed E-state index contributed by atoms with van der Waals surface area (Å²) in [5.41, 5.74) is 0.796. The van der Waals surface area contributed by atoms with E-state index in [9.17, 15) is 18.0 Å². The van der Waals surface area contributed by atoms with E-state index in [-0.39, 0.29) is 13.2 Å². The fraction of sp³-hybridized carbons (Fsp3) is 0.174. The molecule has 0 aromatic heterocycles. The number of aryl methyl sites for hydroxylation is 1. The predicted octanol–water partition coefficient (Wildman–Crippen LogP) is 6.21. The van der Waals surface area contributed by atoms with Crippen molar-refractivity contribution in [1.29, 1.82) is 0 Å². The Balaban J connectivity index is 1.55. The van der Waals surface area contributed by atoms with Crippen LogP contribution in [0.3, 0.4) is 0 Å². The zero-order chi connectivity index (χ0) is 22.4. The average molecular weight is 448 g/mol. The number of carboxylic acids is 1. The third kappa shape index (κ3) is 6.68. The van der Waals surface area contributed by atoms with Crippen molar-refractivity contribution in [2.24, 2.45) is 0 Å². The number of halogens is 3. The maximum Gasteiger partial charge on any atom is 0.416 e. The smallest absolute Gasteiger partial charge is 0.416 e. The molecule has 0 heterocycles. The maximum atomic E-state index is 12.6. The Bertz CT molecular complexity index is 1030. The summed E-state index contributed by atoms with van der Waals surface area (Å²) in [5.74, 6) is 0.107. The van der Waals surface area contributed by atoms with Crippen molar-refractivity contribution in [3.8, 4) is 11.5 Å². The van der Waals surface area contributed by atoms with E-state index in [0.717, 1.165) is 27.5 Å². The van der Waals surface area contributed by atoms with E-state index >= 15 is 0 Å². The van der Waals surface area contributed by atoms with E-state index in [1.54, 1.807) is 18.2 Å². The molecule has 8 heteroatoms. The van der Waals surface area contributed by atoms with Crippen molar-refractivity contribution < 1.29 is 32.5 Å². The largest absolute Gasteiger partial charge is 0.489 e. The molecule has 31 heavy (non-hydrogen) atoms. The highest BCUT2D eigenvalue weighted by Crippen LogP contribution is 2.32. The van der Waals surface area contributed by atoms with Gasteiger partial charge < -0.3 is 14.6 Å². The van der Waals surface area contributed by atoms with Gasteiger partial charge in [0.2, 0.25) is 0 Å². The Morgan fingerprint density at radius 3 is 2.16 bits per heavy atom. The first-order valence-electron chi connectivity index (χ1n) is 9.23. The molecule has 0 fully saturated rings. The van der Waals surface area contributed by atoms with Gasteiger partial charge in [-0.05, 0) is 72.6 Å². The SMILES string of the molecule is Cc1cc(Sc2ccc(OCc3ccc(C(F)(F)F)cc3)cc2)ccc1OCC(=O)O. The van der Waals surface area contributed by atoms with Crippen molar-refractivity contribution in [3.63, 3.8) is 0 Å². The first-order valence-corrected chi connectivity index (χ1v) is 10.0. The number of alkyl halides is 3. The lowest BCUT2D eigenvalue weighted by Gasteiger charge is -2.10. The lowest BCUT2D eigenvalue weighted by molar-refractivity contribution is -0.139. The first-order chi connectivity index (χ1) is 14.7. The normalized spacial score (nSPS) is 11.2. The Morgan fingerprint density at radius 1 is 0.935 bits per heavy atom. The van der Waals surface area contributed by atoms with Gasteiger partial charge in [0.05, 0.1) is 5.56 Å². The highest BCUT2D eigenvalue weighted by atomic mass is 32.2. The number of benzene rings is 3. The van der Waals surface area contributed by atoms with Gasteiger partial charge in [-0.25, -0.2) is 4.79 Å². The van der Waals surface area contributed by atoms with Crippen LogP contribution in [0.25, 0.3) is 0 Å². The summed E-state index contributed by atoms with van der Waals surface area (Å²) in [4.78, 5) is 12.6. The van der Waals surface area contributed by atoms with Crippen molar-refractivity contribution in [2.45, 2.75) is 29.5 Å². The Kier molecular flexibility index (Phi) is 7.12. The lowest BCUT2D eigenvalue weighted by atomic mass is 10.1. The number of hydrogen-bond acceptors (Lipinski definition) is 4. The van der Waals surface area contributed by atoms with Crippen LogP contribution >= 0.6 is 11.8 Å². The minimum atomic E-state index is -4.35. The second-order valence-corrected chi connectivity index (χ2v) is 7.81. The van der Waals surface area contributed by atoms with Crippen LogP contribution in [0.2, 0.25) is 0 Å². The van der Waals surface area contributed by atoms with E-state index in [2.05, 4.69) is 0 Å². The molecule has 0 saturated carbocycles. The molecule has 0 spiro atoms. The van der Waals surface area contributed by atoms with Crippen LogP contribution in [0.5, 0.6) is 11.5 Å². The molecule has 0 aliphatic rings. The molecule has 0 bridgehead atoms. The summed E-state index contributed by atoms with van der Waals surface area (Å²) in [7, 11) is 0. The average Bonchev–Trinajstić information content (AvgIpc) is 2.72. The predicted molar refractivity (Wildman–Crippen MR) is 111 cm³/mol. The highest BCUT2D eigenvalue weighted by Gasteiger charge is 2.29. The Morgan fingerprint density at radius 2 is 1.58 bits per heavy atom. The summed E-state index contributed by atoms with van der Waals surface area (Å²) in [6, 6.07) is 17.7. The number of hydrogen-bond donors (Lipinski definition) is 1. The summed E-state index contributed by atoms with van der Waals surface area (Å²) in [6.07, 6.45) is -4.35. The van der Waals surface area contributed by atoms with Crippen molar-refractivity contribution in [1.82, 2.24) is 0 Å². The van der Waals surface area contributed by atoms with Gasteiger partial charge in [-0.3, -0.25) is 0 Å². The molecular formula is C23H19F3O4S. The fourth-order valence-electron chi connectivity index (χ4n) is 2.68. The van der Waals surface area contributed by atoms with Crippen LogP contribution in [-0.2, 0) is 17.6 Å². The zero-order valence-electron chi connectivity index (χ0n) is 16.5. The second-order valence-electron chi connectivity index (χ2n) is 6.67. The van der Waals surface area contributed by atoms with Gasteiger partial charge in [0.15, 0.2) is 6.61 Å². The third-order valence-electron chi connectivity index (χ3n) is 4.24. The molecule has 4 nitrogen and oxygen atoms in total. The number of ether oxygens (including phenoxy) is 2. The Labute approximate surface area is 181 Å². The number of carboxylic acid groups (broad SMARTS) is 1. The molecule has 0 aliphatic heterocycles. The zero-order valence-corrected chi connectivity index (χ0v) is 17.3. The fourth-order valence-corrected chi connectivity index (χ4v) is 3.60. The monoisotopic (exact) mass is 448 g/mol. The van der Waals surface area contributed by atoms with Gasteiger partial charge in [-0.2, -0.15) is 13.2 Å². The third-order valence-corrected chi connectivity index (χ3v) is 5.24. The number of rotatable bonds is 8. The van der Waals surface area contributed by atoms with E-state index < -0.39 is 17.7 Å². The van der Waals surface area contributed by atoms with Crippen LogP contribution < -0.4 is 9.47 Å². The molecule has 0 aliphatic carbocycles. The summed E-state index contributed by atoms with van der Waals surface area (Å²) < 4.78 is 48.7. The molecule has 0 radical (unpaired) electrons. The lowest BCUT2D eigenvalue weighted by Crippen LogP contribution is -2.09. The van der Waals surface area contributed by atoms with Crippen LogP contribution in [0.1, 0.15) is 16.7 Å². The standard InChI is InChI=1S/C23H19F3O4S/c1-15-12-20(10-11-21(15)30-14-22(27)28)31-19-8-6-18(7-9-19)29-13-16-2-4-17(5-3-16)23(24,25)26/h2-12H,13-14H2,1H3,(H,27,28). The van der Waals surface area contributed by atoms with Gasteiger partial charge in [0.25, 0.3) is 0 Å². The molecule has 0 unspecified atom stereocenters. The minimum Gasteiger partial charge on any atom is -0.489 e. The van der Waals surface area contributed by atoms with Gasteiger partial charge in [-0.1, -0.05) is 23.9 Å². The molecule has 0 atom stereocenters. The van der Waals surface area contributed by atoms with Crippen LogP contribution in [0, 0.1) is 6.92 Å². The first kappa shape index (κ1) is 22.6. The van der Waals surface area contributed by atoms with Crippen LogP contribution in [0.4, 0.5) is 13.2 Å². The van der Waals surface area contributed by atoms with Gasteiger partial charge in [0.1, 0.15) is 18.1 Å². The molecule has 3 aromatic carbocycles. The van der Waals surface area contributed by atoms with E-state index in [0.29, 0.717) is 17.1 Å². The summed E-state index contributed by atoms with van der Waals surface area (Å²) >= 11 is 1.53. The summed E-state index contributed by atoms with van der Waals surface area (Å²) in [5, 5.41) is 8.70. The molecule has 3 rings (SSSR count). The summed E-state index contributed by atoms with van der Waals surface area (Å²) in [6.45, 7) is 1.63. The van der Waals surface area contributed by atoms with Crippen LogP contribution in [-0.4, -0.2) is 17.7 Å². The number of carbonyl (C=O) groups is 1. The van der Waals surface area contributed by atoms with E-state index in [1.165, 1.54) is 23.9 Å². The van der Waals surface area contributed by atoms with E-state index in [4.69, 9.17) is 14.6 Å². The topological polar surface area (TPSA) is 55.8 Å². The maximum absolute atomic E-state index is 12.6. The van der Waals surface area contributed by atoms with Crippen molar-refractivity contribution in [3.05, 3.63) is 83.4 Å². The molecule has 3 aromatic rings. The highest BCUT2D eigenvalue weighted by molar-refractivity contribution is 7.99.